The van der Waals surface area contributed by atoms with Gasteiger partial charge in [-0.25, -0.2) is 4.57 Å². The Labute approximate surface area is 88.1 Å². The molecule has 0 saturated heterocycles. The molecule has 3 nitrogen and oxygen atoms in total. The van der Waals surface area contributed by atoms with Gasteiger partial charge < -0.3 is 0 Å². The van der Waals surface area contributed by atoms with Crippen molar-refractivity contribution in [1.82, 2.24) is 5.32 Å². The van der Waals surface area contributed by atoms with Crippen molar-refractivity contribution in [3.05, 3.63) is 42.7 Å². The predicted molar refractivity (Wildman–Crippen MR) is 59.8 cm³/mol. The molecule has 0 amide bonds. The Bertz CT molecular complexity index is 531. The maximum absolute atomic E-state index is 4.38. The van der Waals surface area contributed by atoms with Crippen molar-refractivity contribution in [1.29, 1.82) is 0 Å². The van der Waals surface area contributed by atoms with Gasteiger partial charge in [-0.1, -0.05) is 24.3 Å². The first-order valence-corrected chi connectivity index (χ1v) is 5.12. The number of nitrogens with one attached hydrogen (secondary N) is 1. The Kier molecular flexibility index (Phi) is 1.88. The van der Waals surface area contributed by atoms with Gasteiger partial charge in [0.05, 0.1) is 18.9 Å². The molecule has 0 radical (unpaired) electrons. The molecular formula is C12H12N3+. The van der Waals surface area contributed by atoms with Crippen LogP contribution in [0, 0.1) is 0 Å². The molecule has 1 aliphatic rings. The fourth-order valence-corrected chi connectivity index (χ4v) is 1.82. The second-order valence-electron chi connectivity index (χ2n) is 3.61. The van der Waals surface area contributed by atoms with Crippen LogP contribution in [0.5, 0.6) is 0 Å². The SMILES string of the molecule is c1ccc2c[n+](C3=NCCN3)ccc2c1. The summed E-state index contributed by atoms with van der Waals surface area (Å²) in [6, 6.07) is 10.4. The van der Waals surface area contributed by atoms with Crippen molar-refractivity contribution in [2.45, 2.75) is 0 Å². The number of hydrogen-bond donors (Lipinski definition) is 1. The number of rotatable bonds is 0. The van der Waals surface area contributed by atoms with Gasteiger partial charge in [-0.2, -0.15) is 0 Å². The smallest absolute Gasteiger partial charge is 0.271 e. The van der Waals surface area contributed by atoms with Crippen molar-refractivity contribution >= 4 is 16.7 Å². The third-order valence-electron chi connectivity index (χ3n) is 2.59. The normalized spacial score (nSPS) is 15.1. The van der Waals surface area contributed by atoms with Crippen molar-refractivity contribution in [3.63, 3.8) is 0 Å². The van der Waals surface area contributed by atoms with E-state index in [4.69, 9.17) is 0 Å². The van der Waals surface area contributed by atoms with E-state index in [0.29, 0.717) is 0 Å². The molecule has 0 aliphatic carbocycles. The molecule has 0 fully saturated rings. The quantitative estimate of drug-likeness (QED) is 0.627. The standard InChI is InChI=1S/C12H12N3/c1-2-4-11-9-15(8-5-10(11)3-1)12-13-6-7-14-12/h1-5,8-9H,6-7H2,(H,13,14)/q+1. The highest BCUT2D eigenvalue weighted by Crippen LogP contribution is 2.09. The van der Waals surface area contributed by atoms with Gasteiger partial charge in [0, 0.05) is 5.39 Å². The number of fused-ring (bicyclic) bond motifs is 1. The van der Waals surface area contributed by atoms with E-state index >= 15 is 0 Å². The summed E-state index contributed by atoms with van der Waals surface area (Å²) in [5.74, 6) is 0.945. The summed E-state index contributed by atoms with van der Waals surface area (Å²) >= 11 is 0. The van der Waals surface area contributed by atoms with Gasteiger partial charge in [-0.05, 0) is 11.5 Å². The van der Waals surface area contributed by atoms with Crippen LogP contribution in [0.3, 0.4) is 0 Å². The minimum Gasteiger partial charge on any atom is -0.271 e. The lowest BCUT2D eigenvalue weighted by Gasteiger charge is -2.00. The summed E-state index contributed by atoms with van der Waals surface area (Å²) in [6.07, 6.45) is 4.14. The first-order chi connectivity index (χ1) is 7.43. The summed E-state index contributed by atoms with van der Waals surface area (Å²) in [7, 11) is 0. The molecule has 15 heavy (non-hydrogen) atoms. The van der Waals surface area contributed by atoms with E-state index in [-0.39, 0.29) is 0 Å². The lowest BCUT2D eigenvalue weighted by molar-refractivity contribution is -0.557. The highest BCUT2D eigenvalue weighted by Gasteiger charge is 2.15. The molecule has 3 rings (SSSR count). The molecule has 0 bridgehead atoms. The molecule has 2 heterocycles. The summed E-state index contributed by atoms with van der Waals surface area (Å²) in [5, 5.41) is 5.74. The van der Waals surface area contributed by atoms with Gasteiger partial charge in [-0.15, -0.1) is 4.99 Å². The van der Waals surface area contributed by atoms with Gasteiger partial charge in [0.25, 0.3) is 0 Å². The minimum absolute atomic E-state index is 0.870. The van der Waals surface area contributed by atoms with Crippen LogP contribution in [0.25, 0.3) is 10.8 Å². The van der Waals surface area contributed by atoms with E-state index in [1.807, 2.05) is 10.8 Å². The summed E-state index contributed by atoms with van der Waals surface area (Å²) < 4.78 is 2.04. The number of aromatic nitrogens is 1. The number of hydrogen-bond acceptors (Lipinski definition) is 2. The van der Waals surface area contributed by atoms with Gasteiger partial charge in [0.1, 0.15) is 6.54 Å². The summed E-state index contributed by atoms with van der Waals surface area (Å²) in [4.78, 5) is 4.38. The lowest BCUT2D eigenvalue weighted by atomic mass is 10.2. The molecule has 74 valence electrons. The maximum atomic E-state index is 4.38. The minimum atomic E-state index is 0.870. The first-order valence-electron chi connectivity index (χ1n) is 5.12. The van der Waals surface area contributed by atoms with E-state index < -0.39 is 0 Å². The van der Waals surface area contributed by atoms with Gasteiger partial charge in [0.2, 0.25) is 0 Å². The Balaban J connectivity index is 2.13. The molecule has 1 N–H and O–H groups in total. The molecule has 0 unspecified atom stereocenters. The molecule has 1 aliphatic heterocycles. The number of benzene rings is 1. The Morgan fingerprint density at radius 3 is 2.80 bits per heavy atom. The zero-order valence-electron chi connectivity index (χ0n) is 8.35. The van der Waals surface area contributed by atoms with Crippen molar-refractivity contribution in [2.24, 2.45) is 4.99 Å². The van der Waals surface area contributed by atoms with Crippen molar-refractivity contribution in [2.75, 3.05) is 13.1 Å². The maximum Gasteiger partial charge on any atom is 0.391 e. The first kappa shape index (κ1) is 8.41. The zero-order valence-corrected chi connectivity index (χ0v) is 8.35. The molecule has 0 spiro atoms. The predicted octanol–water partition coefficient (Wildman–Crippen LogP) is 0.935. The van der Waals surface area contributed by atoms with E-state index in [1.54, 1.807) is 0 Å². The van der Waals surface area contributed by atoms with E-state index in [0.717, 1.165) is 19.0 Å². The van der Waals surface area contributed by atoms with E-state index in [9.17, 15) is 0 Å². The highest BCUT2D eigenvalue weighted by molar-refractivity contribution is 5.82. The van der Waals surface area contributed by atoms with Crippen LogP contribution >= 0.6 is 0 Å². The summed E-state index contributed by atoms with van der Waals surface area (Å²) in [6.45, 7) is 1.81. The van der Waals surface area contributed by atoms with E-state index in [1.165, 1.54) is 10.8 Å². The third kappa shape index (κ3) is 1.46. The van der Waals surface area contributed by atoms with Crippen molar-refractivity contribution < 1.29 is 4.57 Å². The third-order valence-corrected chi connectivity index (χ3v) is 2.59. The van der Waals surface area contributed by atoms with Crippen LogP contribution in [0.4, 0.5) is 0 Å². The Hall–Kier alpha value is -1.90. The van der Waals surface area contributed by atoms with Gasteiger partial charge >= 0.3 is 5.96 Å². The average Bonchev–Trinajstić information content (AvgIpc) is 2.82. The molecule has 2 aromatic rings. The van der Waals surface area contributed by atoms with E-state index in [2.05, 4.69) is 46.8 Å². The molecular weight excluding hydrogens is 186 g/mol. The van der Waals surface area contributed by atoms with Crippen LogP contribution in [-0.4, -0.2) is 19.0 Å². The lowest BCUT2D eigenvalue weighted by Crippen LogP contribution is -2.48. The summed E-state index contributed by atoms with van der Waals surface area (Å²) in [5.41, 5.74) is 0. The van der Waals surface area contributed by atoms with Crippen LogP contribution < -0.4 is 9.88 Å². The zero-order chi connectivity index (χ0) is 10.1. The molecule has 3 heteroatoms. The topological polar surface area (TPSA) is 28.3 Å². The Morgan fingerprint density at radius 2 is 2.00 bits per heavy atom. The second-order valence-corrected chi connectivity index (χ2v) is 3.61. The van der Waals surface area contributed by atoms with Crippen LogP contribution in [0.2, 0.25) is 0 Å². The van der Waals surface area contributed by atoms with Gasteiger partial charge in [0.15, 0.2) is 0 Å². The second kappa shape index (κ2) is 3.35. The fraction of sp³-hybridized carbons (Fsp3) is 0.167. The van der Waals surface area contributed by atoms with Crippen molar-refractivity contribution in [3.8, 4) is 0 Å². The Morgan fingerprint density at radius 1 is 1.13 bits per heavy atom. The highest BCUT2D eigenvalue weighted by atomic mass is 15.2. The molecule has 0 saturated carbocycles. The van der Waals surface area contributed by atoms with Crippen LogP contribution in [-0.2, 0) is 0 Å². The molecule has 0 atom stereocenters. The fourth-order valence-electron chi connectivity index (χ4n) is 1.82. The van der Waals surface area contributed by atoms with Crippen LogP contribution in [0.1, 0.15) is 0 Å². The number of pyridine rings is 1. The largest absolute Gasteiger partial charge is 0.391 e. The number of aliphatic imine (C=N–C) groups is 1. The molecule has 1 aromatic carbocycles. The average molecular weight is 198 g/mol. The van der Waals surface area contributed by atoms with Crippen LogP contribution in [0.15, 0.2) is 47.7 Å². The number of nitrogens with zero attached hydrogens (tertiary/aromatic N) is 2. The van der Waals surface area contributed by atoms with Gasteiger partial charge in [-0.3, -0.25) is 5.32 Å². The monoisotopic (exact) mass is 198 g/mol. The molecule has 1 aromatic heterocycles.